The summed E-state index contributed by atoms with van der Waals surface area (Å²) in [4.78, 5) is 10.9. The van der Waals surface area contributed by atoms with Crippen molar-refractivity contribution in [2.45, 2.75) is 13.3 Å². The molecule has 82 valence electrons. The number of benzene rings is 1. The normalized spacial score (nSPS) is 9.80. The van der Waals surface area contributed by atoms with Crippen LogP contribution in [0.15, 0.2) is 18.2 Å². The molecule has 0 bridgehead atoms. The summed E-state index contributed by atoms with van der Waals surface area (Å²) < 4.78 is 17.4. The first-order valence-electron chi connectivity index (χ1n) is 4.76. The molecule has 0 heterocycles. The average Bonchev–Trinajstić information content (AvgIpc) is 2.26. The molecule has 0 fully saturated rings. The molecule has 0 radical (unpaired) electrons. The van der Waals surface area contributed by atoms with Crippen LogP contribution < -0.4 is 5.32 Å². The molecule has 1 aromatic rings. The first-order valence-corrected chi connectivity index (χ1v) is 4.76. The summed E-state index contributed by atoms with van der Waals surface area (Å²) in [6.07, 6.45) is 0.710. The molecule has 0 unspecified atom stereocenters. The van der Waals surface area contributed by atoms with E-state index in [9.17, 15) is 9.18 Å². The number of carbonyl (C=O) groups is 1. The fourth-order valence-electron chi connectivity index (χ4n) is 1.27. The molecule has 0 spiro atoms. The molecule has 1 aromatic carbocycles. The second-order valence-electron chi connectivity index (χ2n) is 3.08. The van der Waals surface area contributed by atoms with Gasteiger partial charge in [0.15, 0.2) is 0 Å². The van der Waals surface area contributed by atoms with Crippen LogP contribution in [-0.2, 0) is 16.0 Å². The lowest BCUT2D eigenvalue weighted by Gasteiger charge is -2.09. The van der Waals surface area contributed by atoms with E-state index in [0.717, 1.165) is 11.3 Å². The van der Waals surface area contributed by atoms with Gasteiger partial charge in [-0.25, -0.2) is 4.39 Å². The third kappa shape index (κ3) is 3.23. The van der Waals surface area contributed by atoms with Crippen molar-refractivity contribution in [2.75, 3.05) is 19.0 Å². The molecule has 1 rings (SSSR count). The largest absolute Gasteiger partial charge is 0.468 e. The zero-order valence-electron chi connectivity index (χ0n) is 8.84. The van der Waals surface area contributed by atoms with Crippen LogP contribution in [0.25, 0.3) is 0 Å². The second kappa shape index (κ2) is 5.34. The standard InChI is InChI=1S/C11H14FNO2/c1-3-8-6-9(12)4-5-10(8)13-7-11(14)15-2/h4-6,13H,3,7H2,1-2H3. The zero-order valence-corrected chi connectivity index (χ0v) is 8.84. The van der Waals surface area contributed by atoms with E-state index in [1.54, 1.807) is 6.07 Å². The van der Waals surface area contributed by atoms with Crippen molar-refractivity contribution in [3.63, 3.8) is 0 Å². The average molecular weight is 211 g/mol. The molecule has 0 saturated carbocycles. The highest BCUT2D eigenvalue weighted by Gasteiger charge is 2.04. The molecule has 0 atom stereocenters. The minimum Gasteiger partial charge on any atom is -0.468 e. The summed E-state index contributed by atoms with van der Waals surface area (Å²) in [5, 5.41) is 2.90. The van der Waals surface area contributed by atoms with E-state index in [1.807, 2.05) is 6.92 Å². The molecule has 15 heavy (non-hydrogen) atoms. The molecular formula is C11H14FNO2. The Bertz CT molecular complexity index is 352. The van der Waals surface area contributed by atoms with E-state index < -0.39 is 0 Å². The minimum absolute atomic E-state index is 0.0924. The number of ether oxygens (including phenoxy) is 1. The van der Waals surface area contributed by atoms with Crippen LogP contribution in [0.5, 0.6) is 0 Å². The molecule has 3 nitrogen and oxygen atoms in total. The van der Waals surface area contributed by atoms with Crippen molar-refractivity contribution < 1.29 is 13.9 Å². The Morgan fingerprint density at radius 2 is 2.27 bits per heavy atom. The number of anilines is 1. The third-order valence-corrected chi connectivity index (χ3v) is 2.10. The molecular weight excluding hydrogens is 197 g/mol. The van der Waals surface area contributed by atoms with E-state index in [4.69, 9.17) is 0 Å². The SMILES string of the molecule is CCc1cc(F)ccc1NCC(=O)OC. The Balaban J connectivity index is 2.72. The molecule has 0 aromatic heterocycles. The number of aryl methyl sites for hydroxylation is 1. The number of nitrogens with one attached hydrogen (secondary N) is 1. The number of rotatable bonds is 4. The second-order valence-corrected chi connectivity index (χ2v) is 3.08. The van der Waals surface area contributed by atoms with Gasteiger partial charge in [0, 0.05) is 5.69 Å². The maximum absolute atomic E-state index is 12.9. The van der Waals surface area contributed by atoms with Gasteiger partial charge in [-0.2, -0.15) is 0 Å². The smallest absolute Gasteiger partial charge is 0.325 e. The van der Waals surface area contributed by atoms with E-state index in [-0.39, 0.29) is 18.3 Å². The Hall–Kier alpha value is -1.58. The number of carbonyl (C=O) groups excluding carboxylic acids is 1. The van der Waals surface area contributed by atoms with Gasteiger partial charge in [-0.05, 0) is 30.2 Å². The summed E-state index contributed by atoms with van der Waals surface area (Å²) in [7, 11) is 1.33. The van der Waals surface area contributed by atoms with Gasteiger partial charge >= 0.3 is 5.97 Å². The monoisotopic (exact) mass is 211 g/mol. The predicted octanol–water partition coefficient (Wildman–Crippen LogP) is 1.97. The van der Waals surface area contributed by atoms with Crippen LogP contribution >= 0.6 is 0 Å². The summed E-state index contributed by atoms with van der Waals surface area (Å²) in [5.74, 6) is -0.614. The minimum atomic E-state index is -0.346. The number of methoxy groups -OCH3 is 1. The topological polar surface area (TPSA) is 38.3 Å². The van der Waals surface area contributed by atoms with Crippen molar-refractivity contribution in [3.8, 4) is 0 Å². The van der Waals surface area contributed by atoms with Crippen molar-refractivity contribution in [3.05, 3.63) is 29.6 Å². The maximum atomic E-state index is 12.9. The fourth-order valence-corrected chi connectivity index (χ4v) is 1.27. The number of hydrogen-bond acceptors (Lipinski definition) is 3. The number of halogens is 1. The Morgan fingerprint density at radius 1 is 1.53 bits per heavy atom. The van der Waals surface area contributed by atoms with Crippen LogP contribution in [0.2, 0.25) is 0 Å². The van der Waals surface area contributed by atoms with Gasteiger partial charge in [0.2, 0.25) is 0 Å². The van der Waals surface area contributed by atoms with Gasteiger partial charge in [0.1, 0.15) is 12.4 Å². The lowest BCUT2D eigenvalue weighted by atomic mass is 10.1. The molecule has 0 aliphatic carbocycles. The first kappa shape index (κ1) is 11.5. The van der Waals surface area contributed by atoms with Gasteiger partial charge in [-0.3, -0.25) is 4.79 Å². The van der Waals surface area contributed by atoms with Crippen LogP contribution in [0, 0.1) is 5.82 Å². The van der Waals surface area contributed by atoms with Crippen LogP contribution in [-0.4, -0.2) is 19.6 Å². The number of esters is 1. The van der Waals surface area contributed by atoms with E-state index in [1.165, 1.54) is 19.2 Å². The fraction of sp³-hybridized carbons (Fsp3) is 0.364. The van der Waals surface area contributed by atoms with Gasteiger partial charge in [-0.1, -0.05) is 6.92 Å². The van der Waals surface area contributed by atoms with Crippen molar-refractivity contribution in [1.82, 2.24) is 0 Å². The van der Waals surface area contributed by atoms with Gasteiger partial charge < -0.3 is 10.1 Å². The molecule has 4 heteroatoms. The quantitative estimate of drug-likeness (QED) is 0.774. The van der Waals surface area contributed by atoms with Crippen LogP contribution in [0.3, 0.4) is 0 Å². The lowest BCUT2D eigenvalue weighted by Crippen LogP contribution is -2.15. The van der Waals surface area contributed by atoms with Crippen LogP contribution in [0.4, 0.5) is 10.1 Å². The van der Waals surface area contributed by atoms with E-state index >= 15 is 0 Å². The highest BCUT2D eigenvalue weighted by Crippen LogP contribution is 2.17. The van der Waals surface area contributed by atoms with Gasteiger partial charge in [-0.15, -0.1) is 0 Å². The molecule has 0 amide bonds. The molecule has 0 aliphatic rings. The summed E-state index contributed by atoms with van der Waals surface area (Å²) in [5.41, 5.74) is 1.61. The Kier molecular flexibility index (Phi) is 4.09. The summed E-state index contributed by atoms with van der Waals surface area (Å²) >= 11 is 0. The molecule has 0 aliphatic heterocycles. The van der Waals surface area contributed by atoms with Crippen molar-refractivity contribution >= 4 is 11.7 Å². The van der Waals surface area contributed by atoms with Crippen molar-refractivity contribution in [2.24, 2.45) is 0 Å². The summed E-state index contributed by atoms with van der Waals surface area (Å²) in [6, 6.07) is 4.44. The predicted molar refractivity (Wildman–Crippen MR) is 56.3 cm³/mol. The van der Waals surface area contributed by atoms with Crippen LogP contribution in [0.1, 0.15) is 12.5 Å². The molecule has 1 N–H and O–H groups in total. The summed E-state index contributed by atoms with van der Waals surface area (Å²) in [6.45, 7) is 2.02. The molecule has 0 saturated heterocycles. The Morgan fingerprint density at radius 3 is 2.87 bits per heavy atom. The maximum Gasteiger partial charge on any atom is 0.325 e. The van der Waals surface area contributed by atoms with E-state index in [2.05, 4.69) is 10.1 Å². The lowest BCUT2D eigenvalue weighted by molar-refractivity contribution is -0.138. The van der Waals surface area contributed by atoms with Crippen molar-refractivity contribution in [1.29, 1.82) is 0 Å². The highest BCUT2D eigenvalue weighted by atomic mass is 19.1. The highest BCUT2D eigenvalue weighted by molar-refractivity contribution is 5.75. The third-order valence-electron chi connectivity index (χ3n) is 2.10. The van der Waals surface area contributed by atoms with E-state index in [0.29, 0.717) is 6.42 Å². The van der Waals surface area contributed by atoms with Gasteiger partial charge in [0.25, 0.3) is 0 Å². The first-order chi connectivity index (χ1) is 7.17. The number of hydrogen-bond donors (Lipinski definition) is 1. The zero-order chi connectivity index (χ0) is 11.3. The Labute approximate surface area is 88.2 Å². The van der Waals surface area contributed by atoms with Gasteiger partial charge in [0.05, 0.1) is 7.11 Å².